The van der Waals surface area contributed by atoms with Crippen LogP contribution in [0.25, 0.3) is 0 Å². The van der Waals surface area contributed by atoms with E-state index in [1.807, 2.05) is 19.1 Å². The fourth-order valence-corrected chi connectivity index (χ4v) is 4.23. The number of nitrogens with one attached hydrogen (secondary N) is 1. The summed E-state index contributed by atoms with van der Waals surface area (Å²) in [7, 11) is -1.94. The first-order valence-electron chi connectivity index (χ1n) is 8.77. The first kappa shape index (κ1) is 18.9. The first-order valence-corrected chi connectivity index (χ1v) is 10.3. The number of hydrogen-bond acceptors (Lipinski definition) is 5. The maximum atomic E-state index is 12.5. The fraction of sp³-hybridized carbons (Fsp3) is 0.500. The van der Waals surface area contributed by atoms with Crippen LogP contribution in [-0.4, -0.2) is 49.1 Å². The number of aryl methyl sites for hydroxylation is 3. The van der Waals surface area contributed by atoms with Crippen LogP contribution < -0.4 is 4.72 Å². The zero-order valence-electron chi connectivity index (χ0n) is 15.7. The lowest BCUT2D eigenvalue weighted by Crippen LogP contribution is -2.38. The molecular formula is C18H26N4O3S. The Labute approximate surface area is 155 Å². The van der Waals surface area contributed by atoms with Crippen molar-refractivity contribution in [2.45, 2.75) is 31.9 Å². The molecule has 0 bridgehead atoms. The third-order valence-corrected chi connectivity index (χ3v) is 6.08. The molecule has 7 nitrogen and oxygen atoms in total. The van der Waals surface area contributed by atoms with Crippen LogP contribution in [-0.2, 0) is 21.8 Å². The van der Waals surface area contributed by atoms with E-state index >= 15 is 0 Å². The van der Waals surface area contributed by atoms with Gasteiger partial charge in [-0.2, -0.15) is 8.42 Å². The summed E-state index contributed by atoms with van der Waals surface area (Å²) in [6.45, 7) is 9.41. The molecule has 3 rings (SSSR count). The minimum atomic E-state index is -3.70. The summed E-state index contributed by atoms with van der Waals surface area (Å²) in [5, 5.41) is 0.0217. The molecule has 0 radical (unpaired) electrons. The van der Waals surface area contributed by atoms with Crippen LogP contribution in [0.15, 0.2) is 29.4 Å². The van der Waals surface area contributed by atoms with E-state index in [0.29, 0.717) is 18.1 Å². The second kappa shape index (κ2) is 7.38. The molecule has 1 aliphatic rings. The Balaban J connectivity index is 1.79. The topological polar surface area (TPSA) is 76.5 Å². The number of hydrogen-bond donors (Lipinski definition) is 1. The smallest absolute Gasteiger partial charge is 0.280 e. The van der Waals surface area contributed by atoms with E-state index < -0.39 is 10.0 Å². The molecular weight excluding hydrogens is 352 g/mol. The predicted molar refractivity (Wildman–Crippen MR) is 101 cm³/mol. The average Bonchev–Trinajstić information content (AvgIpc) is 2.95. The molecule has 0 saturated carbocycles. The Bertz CT molecular complexity index is 872. The number of ether oxygens (including phenoxy) is 1. The Hall–Kier alpha value is -1.90. The molecule has 1 aliphatic heterocycles. The standard InChI is InChI=1S/C18H26N4O3S/c1-5-22-8-9-25-17(11-22)16-7-6-15(10-13(16)2)20-26(23,24)18-12-21(4)14(3)19-18/h6-7,10,12,17,20H,5,8-9,11H2,1-4H3. The van der Waals surface area contributed by atoms with Crippen LogP contribution >= 0.6 is 0 Å². The number of benzene rings is 1. The normalized spacial score (nSPS) is 18.8. The Morgan fingerprint density at radius 3 is 2.73 bits per heavy atom. The van der Waals surface area contributed by atoms with Gasteiger partial charge in [-0.05, 0) is 43.7 Å². The van der Waals surface area contributed by atoms with Crippen LogP contribution in [0.2, 0.25) is 0 Å². The highest BCUT2D eigenvalue weighted by Crippen LogP contribution is 2.28. The number of rotatable bonds is 5. The van der Waals surface area contributed by atoms with Gasteiger partial charge in [-0.1, -0.05) is 13.0 Å². The monoisotopic (exact) mass is 378 g/mol. The molecule has 1 N–H and O–H groups in total. The molecule has 142 valence electrons. The number of imidazole rings is 1. The van der Waals surface area contributed by atoms with E-state index in [1.165, 1.54) is 6.20 Å². The predicted octanol–water partition coefficient (Wildman–Crippen LogP) is 2.23. The highest BCUT2D eigenvalue weighted by Gasteiger charge is 2.23. The van der Waals surface area contributed by atoms with E-state index in [4.69, 9.17) is 4.74 Å². The number of morpholine rings is 1. The molecule has 0 aliphatic carbocycles. The Morgan fingerprint density at radius 1 is 1.35 bits per heavy atom. The summed E-state index contributed by atoms with van der Waals surface area (Å²) in [5.41, 5.74) is 2.63. The van der Waals surface area contributed by atoms with Gasteiger partial charge in [0.15, 0.2) is 5.03 Å². The third kappa shape index (κ3) is 3.92. The summed E-state index contributed by atoms with van der Waals surface area (Å²) in [4.78, 5) is 6.45. The van der Waals surface area contributed by atoms with Crippen LogP contribution in [0, 0.1) is 13.8 Å². The van der Waals surface area contributed by atoms with Crippen molar-refractivity contribution in [3.8, 4) is 0 Å². The number of nitrogens with zero attached hydrogens (tertiary/aromatic N) is 3. The Kier molecular flexibility index (Phi) is 5.36. The number of anilines is 1. The second-order valence-electron chi connectivity index (χ2n) is 6.67. The van der Waals surface area contributed by atoms with Crippen molar-refractivity contribution in [1.29, 1.82) is 0 Å². The van der Waals surface area contributed by atoms with Crippen molar-refractivity contribution in [2.24, 2.45) is 7.05 Å². The summed E-state index contributed by atoms with van der Waals surface area (Å²) in [5.74, 6) is 0.645. The van der Waals surface area contributed by atoms with Gasteiger partial charge in [-0.25, -0.2) is 4.98 Å². The maximum absolute atomic E-state index is 12.5. The van der Waals surface area contributed by atoms with E-state index in [9.17, 15) is 8.42 Å². The molecule has 26 heavy (non-hydrogen) atoms. The molecule has 1 fully saturated rings. The SMILES string of the molecule is CCN1CCOC(c2ccc(NS(=O)(=O)c3cn(C)c(C)n3)cc2C)C1. The largest absolute Gasteiger partial charge is 0.371 e. The number of aromatic nitrogens is 2. The lowest BCUT2D eigenvalue weighted by molar-refractivity contribution is -0.0284. The molecule has 1 aromatic heterocycles. The summed E-state index contributed by atoms with van der Waals surface area (Å²) in [6.07, 6.45) is 1.53. The summed E-state index contributed by atoms with van der Waals surface area (Å²) in [6, 6.07) is 5.57. The molecule has 8 heteroatoms. The highest BCUT2D eigenvalue weighted by molar-refractivity contribution is 7.92. The second-order valence-corrected chi connectivity index (χ2v) is 8.30. The zero-order valence-corrected chi connectivity index (χ0v) is 16.5. The minimum absolute atomic E-state index is 0.0211. The fourth-order valence-electron chi connectivity index (χ4n) is 3.14. The van der Waals surface area contributed by atoms with Gasteiger partial charge < -0.3 is 9.30 Å². The molecule has 1 aromatic carbocycles. The van der Waals surface area contributed by atoms with Crippen molar-refractivity contribution in [1.82, 2.24) is 14.5 Å². The maximum Gasteiger partial charge on any atom is 0.280 e. The van der Waals surface area contributed by atoms with Crippen molar-refractivity contribution in [3.05, 3.63) is 41.3 Å². The molecule has 2 heterocycles. The van der Waals surface area contributed by atoms with Crippen LogP contribution in [0.1, 0.15) is 30.0 Å². The van der Waals surface area contributed by atoms with Crippen molar-refractivity contribution >= 4 is 15.7 Å². The van der Waals surface area contributed by atoms with Crippen LogP contribution in [0.5, 0.6) is 0 Å². The highest BCUT2D eigenvalue weighted by atomic mass is 32.2. The molecule has 1 atom stereocenters. The quantitative estimate of drug-likeness (QED) is 0.863. The van der Waals surface area contributed by atoms with Gasteiger partial charge in [0, 0.05) is 32.0 Å². The van der Waals surface area contributed by atoms with Crippen molar-refractivity contribution in [3.63, 3.8) is 0 Å². The van der Waals surface area contributed by atoms with Gasteiger partial charge >= 0.3 is 0 Å². The van der Waals surface area contributed by atoms with Gasteiger partial charge in [0.2, 0.25) is 0 Å². The zero-order chi connectivity index (χ0) is 18.9. The van der Waals surface area contributed by atoms with Gasteiger partial charge in [0.25, 0.3) is 10.0 Å². The molecule has 0 amide bonds. The van der Waals surface area contributed by atoms with Crippen molar-refractivity contribution in [2.75, 3.05) is 31.0 Å². The summed E-state index contributed by atoms with van der Waals surface area (Å²) >= 11 is 0. The van der Waals surface area contributed by atoms with Gasteiger partial charge in [-0.15, -0.1) is 0 Å². The number of likely N-dealkylation sites (N-methyl/N-ethyl adjacent to an activating group) is 1. The van der Waals surface area contributed by atoms with E-state index in [2.05, 4.69) is 21.5 Å². The molecule has 0 spiro atoms. The Morgan fingerprint density at radius 2 is 2.12 bits per heavy atom. The van der Waals surface area contributed by atoms with E-state index in [0.717, 1.165) is 30.8 Å². The van der Waals surface area contributed by atoms with Gasteiger partial charge in [0.1, 0.15) is 5.82 Å². The van der Waals surface area contributed by atoms with Crippen molar-refractivity contribution < 1.29 is 13.2 Å². The van der Waals surface area contributed by atoms with Gasteiger partial charge in [0.05, 0.1) is 12.7 Å². The summed E-state index contributed by atoms with van der Waals surface area (Å²) < 4.78 is 35.3. The van der Waals surface area contributed by atoms with E-state index in [1.54, 1.807) is 24.6 Å². The number of sulfonamides is 1. The van der Waals surface area contributed by atoms with Crippen LogP contribution in [0.4, 0.5) is 5.69 Å². The average molecular weight is 378 g/mol. The lowest BCUT2D eigenvalue weighted by Gasteiger charge is -2.33. The molecule has 1 unspecified atom stereocenters. The molecule has 2 aromatic rings. The first-order chi connectivity index (χ1) is 12.3. The molecule has 1 saturated heterocycles. The van der Waals surface area contributed by atoms with Gasteiger partial charge in [-0.3, -0.25) is 9.62 Å². The third-order valence-electron chi connectivity index (χ3n) is 4.83. The van der Waals surface area contributed by atoms with E-state index in [-0.39, 0.29) is 11.1 Å². The lowest BCUT2D eigenvalue weighted by atomic mass is 10.0. The minimum Gasteiger partial charge on any atom is -0.371 e. The van der Waals surface area contributed by atoms with Crippen LogP contribution in [0.3, 0.4) is 0 Å².